The highest BCUT2D eigenvalue weighted by Gasteiger charge is 2.25. The predicted octanol–water partition coefficient (Wildman–Crippen LogP) is 2.92. The van der Waals surface area contributed by atoms with E-state index in [1.165, 1.54) is 18.2 Å². The number of benzene rings is 1. The van der Waals surface area contributed by atoms with Crippen LogP contribution < -0.4 is 5.32 Å². The average Bonchev–Trinajstić information content (AvgIpc) is 2.98. The quantitative estimate of drug-likeness (QED) is 0.509. The molecule has 1 saturated carbocycles. The average molecular weight is 327 g/mol. The van der Waals surface area contributed by atoms with Crippen molar-refractivity contribution >= 4 is 34.9 Å². The van der Waals surface area contributed by atoms with Crippen molar-refractivity contribution in [3.63, 3.8) is 0 Å². The summed E-state index contributed by atoms with van der Waals surface area (Å²) >= 11 is 5.76. The molecular weight excluding hydrogens is 312 g/mol. The van der Waals surface area contributed by atoms with Crippen LogP contribution in [0.25, 0.3) is 0 Å². The standard InChI is InChI=1S/C14H15ClN2O5/c15-10-5-6-12(17(20)21)11(7-10)16-13(18)8-22-14(19)9-3-1-2-4-9/h5-7,9H,1-4,8H2,(H,16,18). The van der Waals surface area contributed by atoms with Crippen molar-refractivity contribution in [2.45, 2.75) is 25.7 Å². The van der Waals surface area contributed by atoms with E-state index >= 15 is 0 Å². The largest absolute Gasteiger partial charge is 0.455 e. The molecule has 1 aliphatic rings. The van der Waals surface area contributed by atoms with Crippen LogP contribution in [0, 0.1) is 16.0 Å². The van der Waals surface area contributed by atoms with Gasteiger partial charge in [0, 0.05) is 11.1 Å². The lowest BCUT2D eigenvalue weighted by Crippen LogP contribution is -2.24. The Morgan fingerprint density at radius 1 is 1.36 bits per heavy atom. The first kappa shape index (κ1) is 16.2. The molecule has 1 amide bonds. The Balaban J connectivity index is 1.93. The molecule has 0 aromatic heterocycles. The zero-order chi connectivity index (χ0) is 16.1. The normalized spacial score (nSPS) is 14.6. The molecule has 0 bridgehead atoms. The van der Waals surface area contributed by atoms with Gasteiger partial charge in [0.05, 0.1) is 10.8 Å². The summed E-state index contributed by atoms with van der Waals surface area (Å²) < 4.78 is 4.94. The molecule has 1 aliphatic carbocycles. The van der Waals surface area contributed by atoms with Crippen molar-refractivity contribution in [1.82, 2.24) is 0 Å². The molecule has 8 heteroatoms. The molecule has 0 radical (unpaired) electrons. The number of halogens is 1. The van der Waals surface area contributed by atoms with E-state index < -0.39 is 23.4 Å². The fourth-order valence-electron chi connectivity index (χ4n) is 2.37. The maximum Gasteiger partial charge on any atom is 0.309 e. The van der Waals surface area contributed by atoms with Gasteiger partial charge in [0.15, 0.2) is 6.61 Å². The number of nitrogens with one attached hydrogen (secondary N) is 1. The highest BCUT2D eigenvalue weighted by molar-refractivity contribution is 6.31. The van der Waals surface area contributed by atoms with Crippen LogP contribution >= 0.6 is 11.6 Å². The number of hydrogen-bond acceptors (Lipinski definition) is 5. The Morgan fingerprint density at radius 3 is 2.68 bits per heavy atom. The lowest BCUT2D eigenvalue weighted by molar-refractivity contribution is -0.383. The van der Waals surface area contributed by atoms with E-state index in [-0.39, 0.29) is 22.3 Å². The van der Waals surface area contributed by atoms with Crippen molar-refractivity contribution < 1.29 is 19.2 Å². The molecule has 22 heavy (non-hydrogen) atoms. The van der Waals surface area contributed by atoms with Gasteiger partial charge < -0.3 is 10.1 Å². The number of rotatable bonds is 5. The van der Waals surface area contributed by atoms with Crippen LogP contribution in [0.3, 0.4) is 0 Å². The van der Waals surface area contributed by atoms with Crippen LogP contribution in [0.4, 0.5) is 11.4 Å². The van der Waals surface area contributed by atoms with Crippen LogP contribution in [0.15, 0.2) is 18.2 Å². The first-order valence-corrected chi connectivity index (χ1v) is 7.25. The van der Waals surface area contributed by atoms with E-state index in [4.69, 9.17) is 16.3 Å². The molecule has 0 aliphatic heterocycles. The summed E-state index contributed by atoms with van der Waals surface area (Å²) in [6.07, 6.45) is 3.53. The van der Waals surface area contributed by atoms with Gasteiger partial charge in [-0.05, 0) is 25.0 Å². The van der Waals surface area contributed by atoms with Crippen LogP contribution in [0.5, 0.6) is 0 Å². The Labute approximate surface area is 131 Å². The number of anilines is 1. The minimum Gasteiger partial charge on any atom is -0.455 e. The fourth-order valence-corrected chi connectivity index (χ4v) is 2.54. The van der Waals surface area contributed by atoms with Gasteiger partial charge in [-0.25, -0.2) is 0 Å². The number of carbonyl (C=O) groups is 2. The fraction of sp³-hybridized carbons (Fsp3) is 0.429. The lowest BCUT2D eigenvalue weighted by Gasteiger charge is -2.10. The summed E-state index contributed by atoms with van der Waals surface area (Å²) in [6.45, 7) is -0.473. The zero-order valence-corrected chi connectivity index (χ0v) is 12.5. The van der Waals surface area contributed by atoms with E-state index in [1.807, 2.05) is 0 Å². The summed E-state index contributed by atoms with van der Waals surface area (Å²) in [4.78, 5) is 33.7. The van der Waals surface area contributed by atoms with Gasteiger partial charge in [0.25, 0.3) is 11.6 Å². The molecule has 1 aromatic rings. The molecule has 7 nitrogen and oxygen atoms in total. The maximum atomic E-state index is 11.8. The molecular formula is C14H15ClN2O5. The number of hydrogen-bond donors (Lipinski definition) is 1. The van der Waals surface area contributed by atoms with Crippen LogP contribution in [0.1, 0.15) is 25.7 Å². The molecule has 1 aromatic carbocycles. The van der Waals surface area contributed by atoms with E-state index in [1.54, 1.807) is 0 Å². The maximum absolute atomic E-state index is 11.8. The molecule has 1 fully saturated rings. The Bertz CT molecular complexity index is 599. The highest BCUT2D eigenvalue weighted by Crippen LogP contribution is 2.28. The van der Waals surface area contributed by atoms with E-state index in [0.29, 0.717) is 0 Å². The minimum atomic E-state index is -0.642. The number of nitrogens with zero attached hydrogens (tertiary/aromatic N) is 1. The molecule has 0 saturated heterocycles. The van der Waals surface area contributed by atoms with Crippen molar-refractivity contribution in [2.75, 3.05) is 11.9 Å². The van der Waals surface area contributed by atoms with Gasteiger partial charge in [-0.1, -0.05) is 24.4 Å². The van der Waals surface area contributed by atoms with E-state index in [0.717, 1.165) is 25.7 Å². The topological polar surface area (TPSA) is 98.5 Å². The van der Waals surface area contributed by atoms with E-state index in [2.05, 4.69) is 5.32 Å². The van der Waals surface area contributed by atoms with Gasteiger partial charge >= 0.3 is 5.97 Å². The van der Waals surface area contributed by atoms with Crippen molar-refractivity contribution in [2.24, 2.45) is 5.92 Å². The summed E-state index contributed by atoms with van der Waals surface area (Å²) in [5.41, 5.74) is -0.306. The number of esters is 1. The molecule has 0 unspecified atom stereocenters. The Morgan fingerprint density at radius 2 is 2.05 bits per heavy atom. The second-order valence-corrected chi connectivity index (χ2v) is 5.49. The summed E-state index contributed by atoms with van der Waals surface area (Å²) in [7, 11) is 0. The molecule has 0 atom stereocenters. The number of ether oxygens (including phenoxy) is 1. The summed E-state index contributed by atoms with van der Waals surface area (Å²) in [5, 5.41) is 13.5. The van der Waals surface area contributed by atoms with Gasteiger partial charge in [-0.15, -0.1) is 0 Å². The SMILES string of the molecule is O=C(COC(=O)C1CCCC1)Nc1cc(Cl)ccc1[N+](=O)[O-]. The molecule has 0 heterocycles. The molecule has 0 spiro atoms. The first-order chi connectivity index (χ1) is 10.5. The third-order valence-electron chi connectivity index (χ3n) is 3.46. The first-order valence-electron chi connectivity index (χ1n) is 6.88. The third kappa shape index (κ3) is 4.17. The molecule has 118 valence electrons. The van der Waals surface area contributed by atoms with Gasteiger partial charge in [-0.3, -0.25) is 19.7 Å². The van der Waals surface area contributed by atoms with Gasteiger partial charge in [0.2, 0.25) is 0 Å². The number of carbonyl (C=O) groups excluding carboxylic acids is 2. The monoisotopic (exact) mass is 326 g/mol. The van der Waals surface area contributed by atoms with Crippen LogP contribution in [0.2, 0.25) is 5.02 Å². The van der Waals surface area contributed by atoms with E-state index in [9.17, 15) is 19.7 Å². The van der Waals surface area contributed by atoms with Crippen LogP contribution in [-0.2, 0) is 14.3 Å². The highest BCUT2D eigenvalue weighted by atomic mass is 35.5. The van der Waals surface area contributed by atoms with Crippen LogP contribution in [-0.4, -0.2) is 23.4 Å². The van der Waals surface area contributed by atoms with Crippen molar-refractivity contribution in [3.8, 4) is 0 Å². The third-order valence-corrected chi connectivity index (χ3v) is 3.70. The number of nitro benzene ring substituents is 1. The van der Waals surface area contributed by atoms with Crippen molar-refractivity contribution in [3.05, 3.63) is 33.3 Å². The Kier molecular flexibility index (Phi) is 5.32. The Hall–Kier alpha value is -2.15. The predicted molar refractivity (Wildman–Crippen MR) is 79.7 cm³/mol. The number of amides is 1. The number of nitro groups is 1. The summed E-state index contributed by atoms with van der Waals surface area (Å²) in [6, 6.07) is 3.83. The second kappa shape index (κ2) is 7.22. The van der Waals surface area contributed by atoms with Gasteiger partial charge in [0.1, 0.15) is 5.69 Å². The second-order valence-electron chi connectivity index (χ2n) is 5.06. The van der Waals surface area contributed by atoms with Crippen molar-refractivity contribution in [1.29, 1.82) is 0 Å². The lowest BCUT2D eigenvalue weighted by atomic mass is 10.1. The smallest absolute Gasteiger partial charge is 0.309 e. The van der Waals surface area contributed by atoms with Gasteiger partial charge in [-0.2, -0.15) is 0 Å². The minimum absolute atomic E-state index is 0.0283. The molecule has 1 N–H and O–H groups in total. The summed E-state index contributed by atoms with van der Waals surface area (Å²) in [5.74, 6) is -1.18. The zero-order valence-electron chi connectivity index (χ0n) is 11.7. The molecule has 2 rings (SSSR count).